The number of piperidine rings is 4. The van der Waals surface area contributed by atoms with Gasteiger partial charge < -0.3 is 40.0 Å². The van der Waals surface area contributed by atoms with Crippen LogP contribution in [-0.4, -0.2) is 169 Å². The molecule has 2 unspecified atom stereocenters. The van der Waals surface area contributed by atoms with E-state index in [0.29, 0.717) is 18.1 Å². The van der Waals surface area contributed by atoms with E-state index in [1.807, 2.05) is 13.8 Å². The number of nitrogens with zero attached hydrogens (tertiary/aromatic N) is 6. The first-order chi connectivity index (χ1) is 42.4. The summed E-state index contributed by atoms with van der Waals surface area (Å²) in [4.78, 5) is 15.4. The van der Waals surface area contributed by atoms with E-state index in [4.69, 9.17) is 0 Å². The highest BCUT2D eigenvalue weighted by Crippen LogP contribution is 2.31. The molecule has 0 spiro atoms. The summed E-state index contributed by atoms with van der Waals surface area (Å²) in [6, 6.07) is 6.52. The lowest BCUT2D eigenvalue weighted by Crippen LogP contribution is -2.41. The van der Waals surface area contributed by atoms with Crippen molar-refractivity contribution in [3.63, 3.8) is 0 Å². The Hall–Kier alpha value is -0.320. The summed E-state index contributed by atoms with van der Waals surface area (Å²) in [5.41, 5.74) is 0. The number of hydrogen-bond acceptors (Lipinski definition) is 8. The number of hydrogen-bond donors (Lipinski definition) is 2. The SMILES string of the molecule is CC.CC(C)C1CCCN(C(C)C)C1.CC(C)C1CCN(C(C)C)C1.CC(C)C1CCN(C(C)C)CC1.CC(C)CCN(C)C(C)C.CC(C)CCNC(C)C.CC(C)N1CCC[C@H](C)C1.CC(C)NC1CCC(C(C)C)CC1.CC(C)[C@@H]1CCCN(C(C)C)C1. The van der Waals surface area contributed by atoms with E-state index in [1.165, 1.54) is 168 Å². The molecule has 0 aromatic rings. The van der Waals surface area contributed by atoms with Gasteiger partial charge in [-0.2, -0.15) is 0 Å². The van der Waals surface area contributed by atoms with Gasteiger partial charge in [-0.05, 0) is 316 Å². The van der Waals surface area contributed by atoms with Gasteiger partial charge in [0.2, 0.25) is 0 Å². The van der Waals surface area contributed by atoms with Crippen LogP contribution in [0.25, 0.3) is 0 Å². The summed E-state index contributed by atoms with van der Waals surface area (Å²) in [7, 11) is 2.19. The summed E-state index contributed by atoms with van der Waals surface area (Å²) in [6.07, 6.45) is 21.0. The highest BCUT2D eigenvalue weighted by Gasteiger charge is 2.28. The number of nitrogens with one attached hydrogen (secondary N) is 2. The van der Waals surface area contributed by atoms with Gasteiger partial charge in [0, 0.05) is 80.6 Å². The minimum atomic E-state index is 0.642. The average Bonchev–Trinajstić information content (AvgIpc) is 2.32. The maximum atomic E-state index is 3.64. The molecule has 6 rings (SSSR count). The molecule has 5 saturated heterocycles. The van der Waals surface area contributed by atoms with Gasteiger partial charge in [-0.15, -0.1) is 0 Å². The van der Waals surface area contributed by atoms with Crippen molar-refractivity contribution >= 4 is 0 Å². The van der Waals surface area contributed by atoms with Crippen LogP contribution < -0.4 is 10.6 Å². The van der Waals surface area contributed by atoms with Crippen molar-refractivity contribution in [3.05, 3.63) is 0 Å². The van der Waals surface area contributed by atoms with Gasteiger partial charge in [0.1, 0.15) is 0 Å². The van der Waals surface area contributed by atoms with E-state index in [0.717, 1.165) is 120 Å². The highest BCUT2D eigenvalue weighted by atomic mass is 15.2. The first-order valence-corrected chi connectivity index (χ1v) is 40.3. The lowest BCUT2D eigenvalue weighted by atomic mass is 9.79. The van der Waals surface area contributed by atoms with Crippen molar-refractivity contribution in [2.24, 2.45) is 76.9 Å². The second-order valence-corrected chi connectivity index (χ2v) is 34.6. The first kappa shape index (κ1) is 94.9. The van der Waals surface area contributed by atoms with E-state index >= 15 is 0 Å². The normalized spacial score (nSPS) is 23.4. The highest BCUT2D eigenvalue weighted by molar-refractivity contribution is 4.82. The molecule has 0 amide bonds. The maximum absolute atomic E-state index is 3.64. The van der Waals surface area contributed by atoms with Gasteiger partial charge in [0.25, 0.3) is 0 Å². The quantitative estimate of drug-likeness (QED) is 0.125. The van der Waals surface area contributed by atoms with Gasteiger partial charge in [0.15, 0.2) is 0 Å². The van der Waals surface area contributed by atoms with Crippen molar-refractivity contribution < 1.29 is 0 Å². The van der Waals surface area contributed by atoms with Crippen molar-refractivity contribution in [2.45, 2.75) is 379 Å². The van der Waals surface area contributed by atoms with Crippen LogP contribution in [0, 0.1) is 76.9 Å². The minimum Gasteiger partial charge on any atom is -0.315 e. The smallest absolute Gasteiger partial charge is 0.00696 e. The molecule has 2 N–H and O–H groups in total. The fourth-order valence-electron chi connectivity index (χ4n) is 13.5. The Morgan fingerprint density at radius 3 is 0.945 bits per heavy atom. The van der Waals surface area contributed by atoms with Crippen LogP contribution in [0.4, 0.5) is 0 Å². The van der Waals surface area contributed by atoms with Crippen molar-refractivity contribution in [3.8, 4) is 0 Å². The molecule has 91 heavy (non-hydrogen) atoms. The Labute approximate surface area is 578 Å². The summed E-state index contributed by atoms with van der Waals surface area (Å²) in [5.74, 6) is 11.8. The molecule has 4 atom stereocenters. The molecule has 5 aliphatic heterocycles. The van der Waals surface area contributed by atoms with Crippen molar-refractivity contribution in [1.29, 1.82) is 0 Å². The topological polar surface area (TPSA) is 43.5 Å². The van der Waals surface area contributed by atoms with Crippen LogP contribution in [0.1, 0.15) is 325 Å². The predicted molar refractivity (Wildman–Crippen MR) is 418 cm³/mol. The number of likely N-dealkylation sites (tertiary alicyclic amines) is 5. The van der Waals surface area contributed by atoms with Crippen LogP contribution in [0.3, 0.4) is 0 Å². The molecule has 0 radical (unpaired) electrons. The molecule has 1 saturated carbocycles. The third-order valence-corrected chi connectivity index (χ3v) is 21.4. The molecular formula is C83H180N8. The van der Waals surface area contributed by atoms with Crippen LogP contribution in [0.2, 0.25) is 0 Å². The average molecular weight is 1290 g/mol. The van der Waals surface area contributed by atoms with E-state index in [1.54, 1.807) is 0 Å². The Morgan fingerprint density at radius 1 is 0.341 bits per heavy atom. The van der Waals surface area contributed by atoms with Gasteiger partial charge in [-0.25, -0.2) is 0 Å². The summed E-state index contributed by atoms with van der Waals surface area (Å²) >= 11 is 0. The second-order valence-electron chi connectivity index (χ2n) is 34.6. The monoisotopic (exact) mass is 1290 g/mol. The van der Waals surface area contributed by atoms with Gasteiger partial charge in [0.05, 0.1) is 0 Å². The molecule has 8 nitrogen and oxygen atoms in total. The Kier molecular flexibility index (Phi) is 57.9. The van der Waals surface area contributed by atoms with E-state index < -0.39 is 0 Å². The first-order valence-electron chi connectivity index (χ1n) is 40.3. The standard InChI is InChI=1S/C12H25N.3C11H23N.C10H21N.C9H19N.C9H21N.C8H19N.C2H6/c1-9(2)11-5-7-12(8-6-11)13-10(3)4;1-9(2)11-5-7-12(8-6-11)10(3)4;2*1-9(2)11-6-5-7-12(8-11)10(3)4;1-8(2)10-5-6-11(7-10)9(3)4;1-8(2)10-6-4-5-9(3)7-10;1-8(2)6-7-10(5)9(3)4;1-7(2)5-6-9-8(3)4;1-2/h9-13H,5-8H2,1-4H3;3*9-11H,5-8H2,1-4H3;8-10H,5-7H2,1-4H3;8-9H,4-7H2,1-3H3;8-9H,6-7H2,1-5H3;7-9H,5-6H2,1-4H3;1-2H3/t;;11-;;;9-;;;/m..1..0.../s1. The second kappa shape index (κ2) is 55.5. The molecule has 0 aromatic heterocycles. The largest absolute Gasteiger partial charge is 0.315 e. The summed E-state index contributed by atoms with van der Waals surface area (Å²) in [6.45, 7) is 90.9. The molecule has 6 fully saturated rings. The molecule has 1 aliphatic carbocycles. The Morgan fingerprint density at radius 2 is 0.659 bits per heavy atom. The van der Waals surface area contributed by atoms with E-state index in [2.05, 4.69) is 262 Å². The van der Waals surface area contributed by atoms with E-state index in [-0.39, 0.29) is 0 Å². The van der Waals surface area contributed by atoms with Crippen molar-refractivity contribution in [2.75, 3.05) is 85.6 Å². The van der Waals surface area contributed by atoms with Crippen LogP contribution in [0.15, 0.2) is 0 Å². The third kappa shape index (κ3) is 49.8. The molecule has 8 heteroatoms. The maximum Gasteiger partial charge on any atom is 0.00696 e. The van der Waals surface area contributed by atoms with Gasteiger partial charge >= 0.3 is 0 Å². The molecular weight excluding hydrogens is 1110 g/mol. The minimum absolute atomic E-state index is 0.642. The van der Waals surface area contributed by atoms with Crippen LogP contribution >= 0.6 is 0 Å². The summed E-state index contributed by atoms with van der Waals surface area (Å²) < 4.78 is 0. The summed E-state index contributed by atoms with van der Waals surface area (Å²) in [5, 5.41) is 7.02. The van der Waals surface area contributed by atoms with Gasteiger partial charge in [-0.1, -0.05) is 145 Å². The Balaban J connectivity index is -0.000000971. The molecule has 0 aromatic carbocycles. The zero-order valence-corrected chi connectivity index (χ0v) is 69.5. The van der Waals surface area contributed by atoms with E-state index in [9.17, 15) is 0 Å². The lowest BCUT2D eigenvalue weighted by Gasteiger charge is -2.37. The van der Waals surface area contributed by atoms with Crippen molar-refractivity contribution in [1.82, 2.24) is 40.0 Å². The van der Waals surface area contributed by atoms with Crippen LogP contribution in [0.5, 0.6) is 0 Å². The van der Waals surface area contributed by atoms with Crippen LogP contribution in [-0.2, 0) is 0 Å². The molecule has 6 aliphatic rings. The zero-order valence-electron chi connectivity index (χ0n) is 69.5. The lowest BCUT2D eigenvalue weighted by molar-refractivity contribution is 0.117. The molecule has 5 heterocycles. The Bertz CT molecular complexity index is 1440. The third-order valence-electron chi connectivity index (χ3n) is 21.4. The predicted octanol–water partition coefficient (Wildman–Crippen LogP) is 21.4. The number of rotatable bonds is 20. The van der Waals surface area contributed by atoms with Gasteiger partial charge in [-0.3, -0.25) is 0 Å². The molecule has 0 bridgehead atoms. The fourth-order valence-corrected chi connectivity index (χ4v) is 13.5. The molecule has 552 valence electrons. The fraction of sp³-hybridized carbons (Fsp3) is 1.00. The zero-order chi connectivity index (χ0) is 70.7.